The van der Waals surface area contributed by atoms with E-state index < -0.39 is 0 Å². The Labute approximate surface area is 99.8 Å². The van der Waals surface area contributed by atoms with Crippen molar-refractivity contribution in [3.63, 3.8) is 0 Å². The summed E-state index contributed by atoms with van der Waals surface area (Å²) in [4.78, 5) is 13.7. The van der Waals surface area contributed by atoms with Crippen LogP contribution in [-0.2, 0) is 0 Å². The first-order chi connectivity index (χ1) is 7.02. The highest BCUT2D eigenvalue weighted by Crippen LogP contribution is 2.14. The standard InChI is InChI=1S/C12H27N3O/c1-11(2,3)14-10(16)13-8-12(4,5)9-15(6)7/h8-9H2,1-7H3,(H2,13,14,16). The topological polar surface area (TPSA) is 44.4 Å². The molecule has 0 aliphatic carbocycles. The van der Waals surface area contributed by atoms with E-state index in [0.717, 1.165) is 6.54 Å². The maximum Gasteiger partial charge on any atom is 0.315 e. The lowest BCUT2D eigenvalue weighted by atomic mass is 9.93. The summed E-state index contributed by atoms with van der Waals surface area (Å²) in [5.74, 6) is 0. The second-order valence-electron chi connectivity index (χ2n) is 6.46. The molecule has 0 bridgehead atoms. The molecule has 0 heterocycles. The first-order valence-electron chi connectivity index (χ1n) is 5.73. The van der Waals surface area contributed by atoms with Gasteiger partial charge in [-0.15, -0.1) is 0 Å². The second-order valence-corrected chi connectivity index (χ2v) is 6.46. The molecular weight excluding hydrogens is 202 g/mol. The number of hydrogen-bond donors (Lipinski definition) is 2. The van der Waals surface area contributed by atoms with Crippen LogP contribution >= 0.6 is 0 Å². The molecule has 2 amide bonds. The van der Waals surface area contributed by atoms with E-state index in [1.165, 1.54) is 0 Å². The van der Waals surface area contributed by atoms with E-state index in [2.05, 4.69) is 29.4 Å². The van der Waals surface area contributed by atoms with Crippen LogP contribution < -0.4 is 10.6 Å². The molecular formula is C12H27N3O. The van der Waals surface area contributed by atoms with Crippen molar-refractivity contribution in [1.29, 1.82) is 0 Å². The zero-order chi connectivity index (χ0) is 13.0. The average Bonchev–Trinajstić information content (AvgIpc) is 1.95. The molecule has 0 radical (unpaired) electrons. The van der Waals surface area contributed by atoms with Crippen LogP contribution in [0.25, 0.3) is 0 Å². The third-order valence-electron chi connectivity index (χ3n) is 1.96. The first kappa shape index (κ1) is 15.2. The summed E-state index contributed by atoms with van der Waals surface area (Å²) in [5.41, 5.74) is -0.103. The third-order valence-corrected chi connectivity index (χ3v) is 1.96. The number of carbonyl (C=O) groups excluding carboxylic acids is 1. The Hall–Kier alpha value is -0.770. The van der Waals surface area contributed by atoms with Crippen LogP contribution in [0.1, 0.15) is 34.6 Å². The lowest BCUT2D eigenvalue weighted by molar-refractivity contribution is 0.210. The molecule has 0 atom stereocenters. The SMILES string of the molecule is CN(C)CC(C)(C)CNC(=O)NC(C)(C)C. The van der Waals surface area contributed by atoms with Crippen molar-refractivity contribution in [2.75, 3.05) is 27.2 Å². The molecule has 4 heteroatoms. The molecule has 0 aromatic carbocycles. The number of amides is 2. The van der Waals surface area contributed by atoms with Crippen LogP contribution in [0.15, 0.2) is 0 Å². The zero-order valence-electron chi connectivity index (χ0n) is 11.8. The predicted octanol–water partition coefficient (Wildman–Crippen LogP) is 1.67. The number of nitrogens with zero attached hydrogens (tertiary/aromatic N) is 1. The van der Waals surface area contributed by atoms with Gasteiger partial charge in [-0.3, -0.25) is 0 Å². The van der Waals surface area contributed by atoms with E-state index in [4.69, 9.17) is 0 Å². The third kappa shape index (κ3) is 8.53. The summed E-state index contributed by atoms with van der Waals surface area (Å²) in [5, 5.41) is 5.79. The summed E-state index contributed by atoms with van der Waals surface area (Å²) in [6, 6.07) is -0.0978. The number of hydrogen-bond acceptors (Lipinski definition) is 2. The fourth-order valence-corrected chi connectivity index (χ4v) is 1.62. The highest BCUT2D eigenvalue weighted by Gasteiger charge is 2.21. The van der Waals surface area contributed by atoms with E-state index in [-0.39, 0.29) is 17.0 Å². The molecule has 0 fully saturated rings. The van der Waals surface area contributed by atoms with Gasteiger partial charge in [0.2, 0.25) is 0 Å². The van der Waals surface area contributed by atoms with E-state index in [1.54, 1.807) is 0 Å². The second kappa shape index (κ2) is 5.53. The van der Waals surface area contributed by atoms with Crippen molar-refractivity contribution < 1.29 is 4.79 Å². The van der Waals surface area contributed by atoms with Crippen LogP contribution in [0.4, 0.5) is 4.79 Å². The van der Waals surface area contributed by atoms with Crippen molar-refractivity contribution >= 4 is 6.03 Å². The van der Waals surface area contributed by atoms with Crippen LogP contribution in [0, 0.1) is 5.41 Å². The lowest BCUT2D eigenvalue weighted by Crippen LogP contribution is -2.49. The molecule has 0 aliphatic heterocycles. The minimum atomic E-state index is -0.185. The normalized spacial score (nSPS) is 12.8. The Morgan fingerprint density at radius 2 is 1.62 bits per heavy atom. The van der Waals surface area contributed by atoms with Gasteiger partial charge in [0.1, 0.15) is 0 Å². The van der Waals surface area contributed by atoms with Crippen LogP contribution in [0.3, 0.4) is 0 Å². The summed E-state index contributed by atoms with van der Waals surface area (Å²) in [6.07, 6.45) is 0. The number of urea groups is 1. The van der Waals surface area contributed by atoms with Gasteiger partial charge >= 0.3 is 6.03 Å². The van der Waals surface area contributed by atoms with Crippen LogP contribution in [0.5, 0.6) is 0 Å². The summed E-state index contributed by atoms with van der Waals surface area (Å²) >= 11 is 0. The van der Waals surface area contributed by atoms with Crippen LogP contribution in [0.2, 0.25) is 0 Å². The van der Waals surface area contributed by atoms with Gasteiger partial charge in [0.25, 0.3) is 0 Å². The maximum atomic E-state index is 11.6. The maximum absolute atomic E-state index is 11.6. The Morgan fingerprint density at radius 1 is 1.12 bits per heavy atom. The minimum Gasteiger partial charge on any atom is -0.338 e. The van der Waals surface area contributed by atoms with Gasteiger partial charge in [-0.05, 0) is 40.3 Å². The summed E-state index contributed by atoms with van der Waals surface area (Å²) in [7, 11) is 4.08. The van der Waals surface area contributed by atoms with E-state index in [0.29, 0.717) is 6.54 Å². The zero-order valence-corrected chi connectivity index (χ0v) is 11.8. The average molecular weight is 229 g/mol. The number of nitrogens with one attached hydrogen (secondary N) is 2. The monoisotopic (exact) mass is 229 g/mol. The number of carbonyl (C=O) groups is 1. The Kier molecular flexibility index (Phi) is 5.26. The molecule has 0 rings (SSSR count). The van der Waals surface area contributed by atoms with Gasteiger partial charge in [0.05, 0.1) is 0 Å². The van der Waals surface area contributed by atoms with E-state index in [9.17, 15) is 4.79 Å². The van der Waals surface area contributed by atoms with Crippen molar-refractivity contribution in [3.05, 3.63) is 0 Å². The molecule has 0 saturated heterocycles. The molecule has 4 nitrogen and oxygen atoms in total. The van der Waals surface area contributed by atoms with Gasteiger partial charge in [-0.1, -0.05) is 13.8 Å². The van der Waals surface area contributed by atoms with Crippen molar-refractivity contribution in [1.82, 2.24) is 15.5 Å². The molecule has 0 aromatic rings. The van der Waals surface area contributed by atoms with Gasteiger partial charge in [0, 0.05) is 18.6 Å². The quantitative estimate of drug-likeness (QED) is 0.770. The predicted molar refractivity (Wildman–Crippen MR) is 68.6 cm³/mol. The van der Waals surface area contributed by atoms with Crippen molar-refractivity contribution in [2.45, 2.75) is 40.2 Å². The Morgan fingerprint density at radius 3 is 2.00 bits per heavy atom. The summed E-state index contributed by atoms with van der Waals surface area (Å²) < 4.78 is 0. The van der Waals surface area contributed by atoms with Gasteiger partial charge in [0.15, 0.2) is 0 Å². The van der Waals surface area contributed by atoms with Crippen molar-refractivity contribution in [2.24, 2.45) is 5.41 Å². The lowest BCUT2D eigenvalue weighted by Gasteiger charge is -2.29. The van der Waals surface area contributed by atoms with Gasteiger partial charge in [-0.2, -0.15) is 0 Å². The molecule has 0 spiro atoms. The molecule has 0 unspecified atom stereocenters. The van der Waals surface area contributed by atoms with Crippen LogP contribution in [-0.4, -0.2) is 43.7 Å². The van der Waals surface area contributed by atoms with E-state index >= 15 is 0 Å². The Balaban J connectivity index is 4.00. The highest BCUT2D eigenvalue weighted by atomic mass is 16.2. The fourth-order valence-electron chi connectivity index (χ4n) is 1.62. The first-order valence-corrected chi connectivity index (χ1v) is 5.73. The fraction of sp³-hybridized carbons (Fsp3) is 0.917. The van der Waals surface area contributed by atoms with E-state index in [1.807, 2.05) is 34.9 Å². The number of rotatable bonds is 4. The molecule has 96 valence electrons. The smallest absolute Gasteiger partial charge is 0.315 e. The van der Waals surface area contributed by atoms with Gasteiger partial charge < -0.3 is 15.5 Å². The molecule has 2 N–H and O–H groups in total. The van der Waals surface area contributed by atoms with Crippen molar-refractivity contribution in [3.8, 4) is 0 Å². The largest absolute Gasteiger partial charge is 0.338 e. The molecule has 0 saturated carbocycles. The molecule has 0 aliphatic rings. The minimum absolute atomic E-state index is 0.0821. The summed E-state index contributed by atoms with van der Waals surface area (Å²) in [6.45, 7) is 11.8. The molecule has 0 aromatic heterocycles. The van der Waals surface area contributed by atoms with Gasteiger partial charge in [-0.25, -0.2) is 4.79 Å². The Bertz CT molecular complexity index is 229. The highest BCUT2D eigenvalue weighted by molar-refractivity contribution is 5.74. The molecule has 16 heavy (non-hydrogen) atoms.